The van der Waals surface area contributed by atoms with Crippen LogP contribution in [-0.4, -0.2) is 54.2 Å². The minimum absolute atomic E-state index is 0.230. The molecular weight excluding hydrogens is 236 g/mol. The molecule has 0 aliphatic carbocycles. The van der Waals surface area contributed by atoms with E-state index >= 15 is 0 Å². The van der Waals surface area contributed by atoms with Gasteiger partial charge in [0.05, 0.1) is 6.10 Å². The number of likely N-dealkylation sites (N-methyl/N-ethyl adjacent to an activating group) is 1. The monoisotopic (exact) mass is 262 g/mol. The standard InChI is InChI=1S/C16H26N2O/c1-3-15(16(19)14-8-5-4-6-9-14)18-11-7-10-17(2)12-13-18/h4-6,8-9,15-16,19H,3,7,10-13H2,1-2H3. The fourth-order valence-electron chi connectivity index (χ4n) is 2.95. The smallest absolute Gasteiger partial charge is 0.0945 e. The lowest BCUT2D eigenvalue weighted by molar-refractivity contribution is 0.0479. The third-order valence-electron chi connectivity index (χ3n) is 4.15. The van der Waals surface area contributed by atoms with E-state index in [4.69, 9.17) is 0 Å². The molecule has 1 N–H and O–H groups in total. The van der Waals surface area contributed by atoms with Gasteiger partial charge in [-0.25, -0.2) is 0 Å². The van der Waals surface area contributed by atoms with E-state index < -0.39 is 0 Å². The van der Waals surface area contributed by atoms with Gasteiger partial charge in [-0.05, 0) is 38.5 Å². The topological polar surface area (TPSA) is 26.7 Å². The first kappa shape index (κ1) is 14.5. The summed E-state index contributed by atoms with van der Waals surface area (Å²) in [4.78, 5) is 4.84. The van der Waals surface area contributed by atoms with Crippen molar-refractivity contribution in [3.05, 3.63) is 35.9 Å². The molecule has 3 heteroatoms. The molecule has 1 aromatic rings. The largest absolute Gasteiger partial charge is 0.387 e. The molecule has 106 valence electrons. The molecule has 1 fully saturated rings. The number of aliphatic hydroxyl groups is 1. The zero-order chi connectivity index (χ0) is 13.7. The van der Waals surface area contributed by atoms with Crippen molar-refractivity contribution in [3.63, 3.8) is 0 Å². The zero-order valence-electron chi connectivity index (χ0n) is 12.1. The number of aliphatic hydroxyl groups excluding tert-OH is 1. The van der Waals surface area contributed by atoms with Crippen LogP contribution in [0.1, 0.15) is 31.4 Å². The van der Waals surface area contributed by atoms with Crippen LogP contribution in [0.2, 0.25) is 0 Å². The number of hydrogen-bond acceptors (Lipinski definition) is 3. The SMILES string of the molecule is CCC(C(O)c1ccccc1)N1CCCN(C)CC1. The Kier molecular flexibility index (Phi) is 5.37. The van der Waals surface area contributed by atoms with E-state index in [-0.39, 0.29) is 12.1 Å². The van der Waals surface area contributed by atoms with Crippen LogP contribution in [0.4, 0.5) is 0 Å². The highest BCUT2D eigenvalue weighted by molar-refractivity contribution is 5.18. The highest BCUT2D eigenvalue weighted by atomic mass is 16.3. The number of rotatable bonds is 4. The molecule has 1 heterocycles. The number of nitrogens with zero attached hydrogens (tertiary/aromatic N) is 2. The van der Waals surface area contributed by atoms with Crippen LogP contribution in [0.5, 0.6) is 0 Å². The van der Waals surface area contributed by atoms with Crippen LogP contribution in [0.15, 0.2) is 30.3 Å². The summed E-state index contributed by atoms with van der Waals surface area (Å²) in [6.07, 6.45) is 1.79. The molecule has 1 aliphatic heterocycles. The molecule has 2 rings (SSSR count). The van der Waals surface area contributed by atoms with Crippen molar-refractivity contribution in [2.24, 2.45) is 0 Å². The van der Waals surface area contributed by atoms with Gasteiger partial charge in [0.25, 0.3) is 0 Å². The van der Waals surface area contributed by atoms with Crippen molar-refractivity contribution in [2.75, 3.05) is 33.2 Å². The second kappa shape index (κ2) is 7.04. The Hall–Kier alpha value is -0.900. The van der Waals surface area contributed by atoms with Gasteiger partial charge >= 0.3 is 0 Å². The van der Waals surface area contributed by atoms with E-state index in [0.717, 1.165) is 38.2 Å². The third kappa shape index (κ3) is 3.78. The summed E-state index contributed by atoms with van der Waals surface area (Å²) < 4.78 is 0. The second-order valence-corrected chi connectivity index (χ2v) is 5.52. The molecule has 0 amide bonds. The van der Waals surface area contributed by atoms with Crippen LogP contribution in [0, 0.1) is 0 Å². The first-order chi connectivity index (χ1) is 9.22. The predicted molar refractivity (Wildman–Crippen MR) is 79.2 cm³/mol. The maximum atomic E-state index is 10.6. The van der Waals surface area contributed by atoms with E-state index in [9.17, 15) is 5.11 Å². The first-order valence-electron chi connectivity index (χ1n) is 7.38. The summed E-state index contributed by atoms with van der Waals surface area (Å²) in [7, 11) is 2.18. The minimum Gasteiger partial charge on any atom is -0.387 e. The maximum absolute atomic E-state index is 10.6. The Morgan fingerprint density at radius 1 is 1.11 bits per heavy atom. The lowest BCUT2D eigenvalue weighted by atomic mass is 9.98. The van der Waals surface area contributed by atoms with Crippen LogP contribution >= 0.6 is 0 Å². The van der Waals surface area contributed by atoms with E-state index in [1.807, 2.05) is 30.3 Å². The summed E-state index contributed by atoms with van der Waals surface area (Å²) in [6, 6.07) is 10.3. The summed E-state index contributed by atoms with van der Waals surface area (Å²) in [5.74, 6) is 0. The molecule has 2 atom stereocenters. The Labute approximate surface area is 116 Å². The maximum Gasteiger partial charge on any atom is 0.0945 e. The van der Waals surface area contributed by atoms with Gasteiger partial charge in [0.2, 0.25) is 0 Å². The molecule has 0 bridgehead atoms. The molecule has 19 heavy (non-hydrogen) atoms. The number of benzene rings is 1. The fraction of sp³-hybridized carbons (Fsp3) is 0.625. The Morgan fingerprint density at radius 2 is 1.84 bits per heavy atom. The summed E-state index contributed by atoms with van der Waals surface area (Å²) in [5, 5.41) is 10.6. The summed E-state index contributed by atoms with van der Waals surface area (Å²) in [6.45, 7) is 6.57. The van der Waals surface area contributed by atoms with Gasteiger partial charge in [-0.3, -0.25) is 4.90 Å². The Morgan fingerprint density at radius 3 is 2.53 bits per heavy atom. The van der Waals surface area contributed by atoms with Gasteiger partial charge in [-0.1, -0.05) is 37.3 Å². The van der Waals surface area contributed by atoms with Gasteiger partial charge in [0.1, 0.15) is 0 Å². The lowest BCUT2D eigenvalue weighted by Gasteiger charge is -2.33. The Balaban J connectivity index is 2.06. The van der Waals surface area contributed by atoms with E-state index in [1.54, 1.807) is 0 Å². The van der Waals surface area contributed by atoms with E-state index in [2.05, 4.69) is 23.8 Å². The van der Waals surface area contributed by atoms with Crippen LogP contribution in [0.25, 0.3) is 0 Å². The van der Waals surface area contributed by atoms with Crippen molar-refractivity contribution >= 4 is 0 Å². The van der Waals surface area contributed by atoms with Gasteiger partial charge in [0, 0.05) is 19.1 Å². The highest BCUT2D eigenvalue weighted by Crippen LogP contribution is 2.24. The van der Waals surface area contributed by atoms with Gasteiger partial charge < -0.3 is 10.0 Å². The second-order valence-electron chi connectivity index (χ2n) is 5.52. The minimum atomic E-state index is -0.380. The van der Waals surface area contributed by atoms with Crippen molar-refractivity contribution in [3.8, 4) is 0 Å². The summed E-state index contributed by atoms with van der Waals surface area (Å²) in [5.41, 5.74) is 1.03. The predicted octanol–water partition coefficient (Wildman–Crippen LogP) is 2.14. The zero-order valence-corrected chi connectivity index (χ0v) is 12.1. The molecule has 0 spiro atoms. The average Bonchev–Trinajstić information content (AvgIpc) is 2.66. The quantitative estimate of drug-likeness (QED) is 0.900. The average molecular weight is 262 g/mol. The molecule has 0 radical (unpaired) electrons. The Bertz CT molecular complexity index is 368. The molecule has 1 aromatic carbocycles. The van der Waals surface area contributed by atoms with E-state index in [0.29, 0.717) is 0 Å². The first-order valence-corrected chi connectivity index (χ1v) is 7.38. The van der Waals surface area contributed by atoms with Gasteiger partial charge in [0.15, 0.2) is 0 Å². The number of hydrogen-bond donors (Lipinski definition) is 1. The van der Waals surface area contributed by atoms with Crippen molar-refractivity contribution in [1.82, 2.24) is 9.80 Å². The van der Waals surface area contributed by atoms with E-state index in [1.165, 1.54) is 6.42 Å². The molecule has 0 aromatic heterocycles. The van der Waals surface area contributed by atoms with Crippen molar-refractivity contribution in [1.29, 1.82) is 0 Å². The van der Waals surface area contributed by atoms with Crippen LogP contribution in [0.3, 0.4) is 0 Å². The summed E-state index contributed by atoms with van der Waals surface area (Å²) >= 11 is 0. The molecule has 2 unspecified atom stereocenters. The van der Waals surface area contributed by atoms with Crippen LogP contribution < -0.4 is 0 Å². The molecule has 0 saturated carbocycles. The van der Waals surface area contributed by atoms with Gasteiger partial charge in [-0.15, -0.1) is 0 Å². The molecular formula is C16H26N2O. The van der Waals surface area contributed by atoms with Crippen molar-refractivity contribution in [2.45, 2.75) is 31.9 Å². The normalized spacial score (nSPS) is 21.8. The van der Waals surface area contributed by atoms with Gasteiger partial charge in [-0.2, -0.15) is 0 Å². The molecule has 3 nitrogen and oxygen atoms in total. The van der Waals surface area contributed by atoms with Crippen LogP contribution in [-0.2, 0) is 0 Å². The highest BCUT2D eigenvalue weighted by Gasteiger charge is 2.26. The molecule has 1 saturated heterocycles. The van der Waals surface area contributed by atoms with Crippen molar-refractivity contribution < 1.29 is 5.11 Å². The lowest BCUT2D eigenvalue weighted by Crippen LogP contribution is -2.41. The fourth-order valence-corrected chi connectivity index (χ4v) is 2.95. The molecule has 1 aliphatic rings. The third-order valence-corrected chi connectivity index (χ3v) is 4.15.